The molecule has 104 valence electrons. The van der Waals surface area contributed by atoms with Gasteiger partial charge in [-0.2, -0.15) is 0 Å². The van der Waals surface area contributed by atoms with Crippen molar-refractivity contribution in [1.29, 1.82) is 0 Å². The van der Waals surface area contributed by atoms with E-state index in [9.17, 15) is 4.79 Å². The fourth-order valence-electron chi connectivity index (χ4n) is 1.99. The number of carbonyl (C=O) groups excluding carboxylic acids is 1. The molecule has 0 saturated carbocycles. The predicted octanol–water partition coefficient (Wildman–Crippen LogP) is 3.01. The Balaban J connectivity index is 2.33. The van der Waals surface area contributed by atoms with Crippen molar-refractivity contribution in [1.82, 2.24) is 9.55 Å². The molecule has 0 aliphatic carbocycles. The molecule has 0 atom stereocenters. The zero-order chi connectivity index (χ0) is 14.7. The lowest BCUT2D eigenvalue weighted by Gasteiger charge is -2.07. The van der Waals surface area contributed by atoms with Crippen molar-refractivity contribution in [3.05, 3.63) is 54.0 Å². The van der Waals surface area contributed by atoms with Crippen LogP contribution in [0.15, 0.2) is 42.5 Å². The molecule has 2 aromatic rings. The molecule has 0 radical (unpaired) electrons. The number of hydrogen-bond acceptors (Lipinski definition) is 3. The molecule has 1 aromatic heterocycles. The van der Waals surface area contributed by atoms with E-state index in [0.29, 0.717) is 5.57 Å². The second-order valence-electron chi connectivity index (χ2n) is 4.74. The third-order valence-corrected chi connectivity index (χ3v) is 3.13. The molecular formula is C16H18N2O2. The van der Waals surface area contributed by atoms with Gasteiger partial charge >= 0.3 is 5.97 Å². The molecule has 4 nitrogen and oxygen atoms in total. The zero-order valence-corrected chi connectivity index (χ0v) is 12.0. The van der Waals surface area contributed by atoms with Gasteiger partial charge in [-0.05, 0) is 13.8 Å². The van der Waals surface area contributed by atoms with Crippen molar-refractivity contribution in [2.45, 2.75) is 20.5 Å². The van der Waals surface area contributed by atoms with Gasteiger partial charge in [-0.3, -0.25) is 0 Å². The van der Waals surface area contributed by atoms with E-state index < -0.39 is 5.97 Å². The molecule has 0 N–H and O–H groups in total. The number of hydrogen-bond donors (Lipinski definition) is 0. The first-order chi connectivity index (χ1) is 9.50. The van der Waals surface area contributed by atoms with E-state index in [2.05, 4.69) is 11.6 Å². The standard InChI is InChI=1S/C16H18N2O2/c1-11(2)16(19)20-10-14-15(18(4)12(3)17-14)13-8-6-5-7-9-13/h5-9H,1,10H2,2-4H3. The maximum absolute atomic E-state index is 11.5. The minimum absolute atomic E-state index is 0.150. The van der Waals surface area contributed by atoms with Gasteiger partial charge in [-0.25, -0.2) is 9.78 Å². The van der Waals surface area contributed by atoms with Crippen LogP contribution >= 0.6 is 0 Å². The second kappa shape index (κ2) is 5.74. The Morgan fingerprint density at radius 2 is 2.00 bits per heavy atom. The van der Waals surface area contributed by atoms with Crippen LogP contribution in [0.4, 0.5) is 0 Å². The molecule has 0 saturated heterocycles. The van der Waals surface area contributed by atoms with Crippen LogP contribution in [0.5, 0.6) is 0 Å². The quantitative estimate of drug-likeness (QED) is 0.633. The molecule has 0 bridgehead atoms. The summed E-state index contributed by atoms with van der Waals surface area (Å²) >= 11 is 0. The molecule has 0 spiro atoms. The highest BCUT2D eigenvalue weighted by Crippen LogP contribution is 2.24. The summed E-state index contributed by atoms with van der Waals surface area (Å²) in [5.41, 5.74) is 3.17. The van der Waals surface area contributed by atoms with Crippen molar-refractivity contribution < 1.29 is 9.53 Å². The zero-order valence-electron chi connectivity index (χ0n) is 12.0. The van der Waals surface area contributed by atoms with Crippen LogP contribution in [0.1, 0.15) is 18.4 Å². The Morgan fingerprint density at radius 1 is 1.35 bits per heavy atom. The lowest BCUT2D eigenvalue weighted by atomic mass is 10.1. The molecule has 0 aliphatic rings. The van der Waals surface area contributed by atoms with Gasteiger partial charge in [0.1, 0.15) is 18.1 Å². The van der Waals surface area contributed by atoms with Crippen molar-refractivity contribution >= 4 is 5.97 Å². The summed E-state index contributed by atoms with van der Waals surface area (Å²) in [6.45, 7) is 7.28. The Morgan fingerprint density at radius 3 is 2.60 bits per heavy atom. The van der Waals surface area contributed by atoms with E-state index >= 15 is 0 Å². The van der Waals surface area contributed by atoms with Gasteiger partial charge in [0.05, 0.1) is 5.69 Å². The lowest BCUT2D eigenvalue weighted by molar-refractivity contribution is -0.140. The normalized spacial score (nSPS) is 10.3. The minimum Gasteiger partial charge on any atom is -0.456 e. The summed E-state index contributed by atoms with van der Waals surface area (Å²) < 4.78 is 7.20. The fourth-order valence-corrected chi connectivity index (χ4v) is 1.99. The predicted molar refractivity (Wildman–Crippen MR) is 78.0 cm³/mol. The SMILES string of the molecule is C=C(C)C(=O)OCc1nc(C)n(C)c1-c1ccccc1. The molecule has 2 rings (SSSR count). The molecule has 1 aromatic carbocycles. The molecule has 0 amide bonds. The Hall–Kier alpha value is -2.36. The Bertz CT molecular complexity index is 642. The van der Waals surface area contributed by atoms with E-state index in [1.807, 2.05) is 48.9 Å². The van der Waals surface area contributed by atoms with Crippen LogP contribution < -0.4 is 0 Å². The molecule has 20 heavy (non-hydrogen) atoms. The summed E-state index contributed by atoms with van der Waals surface area (Å²) in [4.78, 5) is 16.0. The van der Waals surface area contributed by atoms with Crippen molar-refractivity contribution in [3.63, 3.8) is 0 Å². The van der Waals surface area contributed by atoms with Gasteiger partial charge < -0.3 is 9.30 Å². The first-order valence-corrected chi connectivity index (χ1v) is 6.41. The van der Waals surface area contributed by atoms with E-state index in [-0.39, 0.29) is 6.61 Å². The summed E-state index contributed by atoms with van der Waals surface area (Å²) in [7, 11) is 1.95. The van der Waals surface area contributed by atoms with Crippen LogP contribution in [-0.2, 0) is 23.2 Å². The third kappa shape index (κ3) is 2.79. The van der Waals surface area contributed by atoms with Crippen molar-refractivity contribution in [2.75, 3.05) is 0 Å². The largest absolute Gasteiger partial charge is 0.456 e. The van der Waals surface area contributed by atoms with Gasteiger partial charge in [-0.15, -0.1) is 0 Å². The average Bonchev–Trinajstić information content (AvgIpc) is 2.72. The number of aryl methyl sites for hydroxylation is 1. The fraction of sp³-hybridized carbons (Fsp3) is 0.250. The molecular weight excluding hydrogens is 252 g/mol. The number of benzene rings is 1. The molecule has 0 aliphatic heterocycles. The number of rotatable bonds is 4. The number of aromatic nitrogens is 2. The minimum atomic E-state index is -0.396. The smallest absolute Gasteiger partial charge is 0.333 e. The maximum atomic E-state index is 11.5. The highest BCUT2D eigenvalue weighted by Gasteiger charge is 2.15. The number of imidazole rings is 1. The highest BCUT2D eigenvalue weighted by molar-refractivity contribution is 5.87. The summed E-state index contributed by atoms with van der Waals surface area (Å²) in [6.07, 6.45) is 0. The first-order valence-electron chi connectivity index (χ1n) is 6.41. The molecule has 1 heterocycles. The van der Waals surface area contributed by atoms with Crippen LogP contribution in [-0.4, -0.2) is 15.5 Å². The van der Waals surface area contributed by atoms with Gasteiger partial charge in [0.2, 0.25) is 0 Å². The number of ether oxygens (including phenoxy) is 1. The van der Waals surface area contributed by atoms with Crippen LogP contribution in [0.3, 0.4) is 0 Å². The summed E-state index contributed by atoms with van der Waals surface area (Å²) in [5.74, 6) is 0.484. The number of esters is 1. The second-order valence-corrected chi connectivity index (χ2v) is 4.74. The van der Waals surface area contributed by atoms with Gasteiger partial charge in [0, 0.05) is 18.2 Å². The van der Waals surface area contributed by atoms with Crippen LogP contribution in [0.25, 0.3) is 11.3 Å². The van der Waals surface area contributed by atoms with Crippen molar-refractivity contribution in [2.24, 2.45) is 7.05 Å². The molecule has 4 heteroatoms. The molecule has 0 fully saturated rings. The van der Waals surface area contributed by atoms with E-state index in [0.717, 1.165) is 22.8 Å². The topological polar surface area (TPSA) is 44.1 Å². The highest BCUT2D eigenvalue weighted by atomic mass is 16.5. The molecule has 0 unspecified atom stereocenters. The van der Waals surface area contributed by atoms with E-state index in [1.54, 1.807) is 6.92 Å². The summed E-state index contributed by atoms with van der Waals surface area (Å²) in [6, 6.07) is 9.94. The van der Waals surface area contributed by atoms with Gasteiger partial charge in [0.25, 0.3) is 0 Å². The lowest BCUT2D eigenvalue weighted by Crippen LogP contribution is -2.06. The monoisotopic (exact) mass is 270 g/mol. The number of nitrogens with zero attached hydrogens (tertiary/aromatic N) is 2. The van der Waals surface area contributed by atoms with Crippen LogP contribution in [0.2, 0.25) is 0 Å². The van der Waals surface area contributed by atoms with E-state index in [1.165, 1.54) is 0 Å². The van der Waals surface area contributed by atoms with Crippen molar-refractivity contribution in [3.8, 4) is 11.3 Å². The Kier molecular flexibility index (Phi) is 4.03. The number of carbonyl (C=O) groups is 1. The Labute approximate surface area is 118 Å². The third-order valence-electron chi connectivity index (χ3n) is 3.13. The average molecular weight is 270 g/mol. The van der Waals surface area contributed by atoms with E-state index in [4.69, 9.17) is 4.74 Å². The first kappa shape index (κ1) is 14.1. The van der Waals surface area contributed by atoms with Crippen LogP contribution in [0, 0.1) is 6.92 Å². The van der Waals surface area contributed by atoms with Gasteiger partial charge in [0.15, 0.2) is 0 Å². The van der Waals surface area contributed by atoms with Gasteiger partial charge in [-0.1, -0.05) is 36.9 Å². The summed E-state index contributed by atoms with van der Waals surface area (Å²) in [5, 5.41) is 0. The maximum Gasteiger partial charge on any atom is 0.333 e.